The normalized spacial score (nSPS) is 10.5. The van der Waals surface area contributed by atoms with E-state index in [9.17, 15) is 0 Å². The van der Waals surface area contributed by atoms with E-state index in [-0.39, 0.29) is 0 Å². The largest absolute Gasteiger partial charge is 0.373 e. The lowest BCUT2D eigenvalue weighted by Gasteiger charge is -2.10. The second-order valence-electron chi connectivity index (χ2n) is 3.72. The van der Waals surface area contributed by atoms with Gasteiger partial charge in [-0.1, -0.05) is 0 Å². The molecule has 2 heterocycles. The maximum atomic E-state index is 4.41. The highest BCUT2D eigenvalue weighted by Crippen LogP contribution is 2.18. The molecule has 5 nitrogen and oxygen atoms in total. The van der Waals surface area contributed by atoms with Crippen LogP contribution in [-0.2, 0) is 0 Å². The predicted molar refractivity (Wildman–Crippen MR) is 62.9 cm³/mol. The molecule has 0 aliphatic rings. The predicted octanol–water partition coefficient (Wildman–Crippen LogP) is 1.63. The van der Waals surface area contributed by atoms with Gasteiger partial charge in [0.15, 0.2) is 5.82 Å². The first kappa shape index (κ1) is 10.6. The van der Waals surface area contributed by atoms with Crippen LogP contribution in [0.1, 0.15) is 17.1 Å². The van der Waals surface area contributed by atoms with Crippen molar-refractivity contribution in [2.75, 3.05) is 12.4 Å². The Bertz CT molecular complexity index is 515. The van der Waals surface area contributed by atoms with Crippen LogP contribution in [-0.4, -0.2) is 26.8 Å². The minimum absolute atomic E-state index is 0.734. The summed E-state index contributed by atoms with van der Waals surface area (Å²) in [5.41, 5.74) is 1.97. The van der Waals surface area contributed by atoms with Crippen LogP contribution in [0.25, 0.3) is 5.82 Å². The highest BCUT2D eigenvalue weighted by atomic mass is 15.3. The van der Waals surface area contributed by atoms with Crippen LogP contribution in [0.4, 0.5) is 5.82 Å². The molecular formula is C11H15N5. The maximum absolute atomic E-state index is 4.41. The summed E-state index contributed by atoms with van der Waals surface area (Å²) in [6.07, 6.45) is 1.91. The fraction of sp³-hybridized carbons (Fsp3) is 0.364. The molecule has 2 aromatic rings. The van der Waals surface area contributed by atoms with E-state index < -0.39 is 0 Å². The molecule has 16 heavy (non-hydrogen) atoms. The van der Waals surface area contributed by atoms with Crippen molar-refractivity contribution in [3.63, 3.8) is 0 Å². The molecule has 0 radical (unpaired) electrons. The molecule has 0 bridgehead atoms. The van der Waals surface area contributed by atoms with Gasteiger partial charge in [0.25, 0.3) is 0 Å². The molecule has 5 heteroatoms. The Morgan fingerprint density at radius 1 is 1.19 bits per heavy atom. The van der Waals surface area contributed by atoms with Crippen molar-refractivity contribution in [2.24, 2.45) is 0 Å². The Labute approximate surface area is 94.5 Å². The molecule has 2 rings (SSSR count). The quantitative estimate of drug-likeness (QED) is 0.830. The van der Waals surface area contributed by atoms with Crippen molar-refractivity contribution in [2.45, 2.75) is 20.8 Å². The molecule has 0 unspecified atom stereocenters. The lowest BCUT2D eigenvalue weighted by atomic mass is 10.3. The average Bonchev–Trinajstić information content (AvgIpc) is 2.67. The van der Waals surface area contributed by atoms with Crippen LogP contribution in [0.3, 0.4) is 0 Å². The maximum Gasteiger partial charge on any atom is 0.162 e. The van der Waals surface area contributed by atoms with Crippen molar-refractivity contribution >= 4 is 5.82 Å². The molecule has 0 aliphatic carbocycles. The third-order valence-electron chi connectivity index (χ3n) is 2.41. The second-order valence-corrected chi connectivity index (χ2v) is 3.72. The summed E-state index contributed by atoms with van der Waals surface area (Å²) < 4.78 is 1.78. The standard InChI is InChI=1S/C11H15N5/c1-7-5-6-16(15-7)11-8(2)10(12-4)13-9(3)14-11/h5-6H,1-4H3,(H,12,13,14). The van der Waals surface area contributed by atoms with Gasteiger partial charge in [-0.3, -0.25) is 0 Å². The number of nitrogens with one attached hydrogen (secondary N) is 1. The van der Waals surface area contributed by atoms with Crippen molar-refractivity contribution in [3.05, 3.63) is 29.3 Å². The van der Waals surface area contributed by atoms with Crippen LogP contribution in [0.15, 0.2) is 12.3 Å². The Morgan fingerprint density at radius 3 is 2.50 bits per heavy atom. The van der Waals surface area contributed by atoms with Gasteiger partial charge in [-0.15, -0.1) is 0 Å². The summed E-state index contributed by atoms with van der Waals surface area (Å²) in [4.78, 5) is 8.74. The number of nitrogens with zero attached hydrogens (tertiary/aromatic N) is 4. The van der Waals surface area contributed by atoms with Gasteiger partial charge in [-0.25, -0.2) is 14.6 Å². The summed E-state index contributed by atoms with van der Waals surface area (Å²) in [6, 6.07) is 1.95. The Balaban J connectivity index is 2.60. The van der Waals surface area contributed by atoms with Crippen molar-refractivity contribution in [3.8, 4) is 5.82 Å². The molecule has 0 aromatic carbocycles. The third kappa shape index (κ3) is 1.76. The lowest BCUT2D eigenvalue weighted by Crippen LogP contribution is -2.08. The molecule has 0 atom stereocenters. The number of hydrogen-bond acceptors (Lipinski definition) is 4. The smallest absolute Gasteiger partial charge is 0.162 e. The minimum Gasteiger partial charge on any atom is -0.373 e. The molecule has 84 valence electrons. The molecule has 0 amide bonds. The first-order chi connectivity index (χ1) is 7.61. The number of aromatic nitrogens is 4. The Kier molecular flexibility index (Phi) is 2.60. The molecule has 0 spiro atoms. The van der Waals surface area contributed by atoms with E-state index in [1.807, 2.05) is 40.1 Å². The van der Waals surface area contributed by atoms with E-state index in [4.69, 9.17) is 0 Å². The molecular weight excluding hydrogens is 202 g/mol. The average molecular weight is 217 g/mol. The zero-order chi connectivity index (χ0) is 11.7. The Morgan fingerprint density at radius 2 is 1.94 bits per heavy atom. The summed E-state index contributed by atoms with van der Waals surface area (Å²) in [5.74, 6) is 2.40. The fourth-order valence-corrected chi connectivity index (χ4v) is 1.61. The lowest BCUT2D eigenvalue weighted by molar-refractivity contribution is 0.808. The van der Waals surface area contributed by atoms with Gasteiger partial charge >= 0.3 is 0 Å². The van der Waals surface area contributed by atoms with E-state index in [1.165, 1.54) is 0 Å². The highest BCUT2D eigenvalue weighted by molar-refractivity contribution is 5.50. The molecule has 0 saturated heterocycles. The molecule has 0 fully saturated rings. The number of anilines is 1. The summed E-state index contributed by atoms with van der Waals surface area (Å²) in [7, 11) is 1.85. The highest BCUT2D eigenvalue weighted by Gasteiger charge is 2.10. The van der Waals surface area contributed by atoms with Crippen molar-refractivity contribution in [1.29, 1.82) is 0 Å². The minimum atomic E-state index is 0.734. The number of rotatable bonds is 2. The van der Waals surface area contributed by atoms with Crippen LogP contribution < -0.4 is 5.32 Å². The zero-order valence-electron chi connectivity index (χ0n) is 9.94. The van der Waals surface area contributed by atoms with Gasteiger partial charge in [0.05, 0.1) is 5.69 Å². The van der Waals surface area contributed by atoms with E-state index in [1.54, 1.807) is 4.68 Å². The molecule has 2 aromatic heterocycles. The monoisotopic (exact) mass is 217 g/mol. The van der Waals surface area contributed by atoms with E-state index in [0.29, 0.717) is 0 Å². The van der Waals surface area contributed by atoms with Gasteiger partial charge < -0.3 is 5.32 Å². The van der Waals surface area contributed by atoms with Crippen LogP contribution in [0, 0.1) is 20.8 Å². The molecule has 0 saturated carbocycles. The topological polar surface area (TPSA) is 55.6 Å². The SMILES string of the molecule is CNc1nc(C)nc(-n2ccc(C)n2)c1C. The molecule has 0 aliphatic heterocycles. The van der Waals surface area contributed by atoms with Crippen molar-refractivity contribution < 1.29 is 0 Å². The number of aryl methyl sites for hydroxylation is 2. The summed E-state index contributed by atoms with van der Waals surface area (Å²) in [5, 5.41) is 7.42. The van der Waals surface area contributed by atoms with Gasteiger partial charge in [-0.05, 0) is 26.8 Å². The third-order valence-corrected chi connectivity index (χ3v) is 2.41. The zero-order valence-corrected chi connectivity index (χ0v) is 9.94. The second kappa shape index (κ2) is 3.92. The Hall–Kier alpha value is -1.91. The number of hydrogen-bond donors (Lipinski definition) is 1. The molecule has 1 N–H and O–H groups in total. The summed E-state index contributed by atoms with van der Waals surface area (Å²) >= 11 is 0. The van der Waals surface area contributed by atoms with E-state index in [0.717, 1.165) is 28.7 Å². The first-order valence-corrected chi connectivity index (χ1v) is 5.17. The fourth-order valence-electron chi connectivity index (χ4n) is 1.61. The van der Waals surface area contributed by atoms with E-state index >= 15 is 0 Å². The van der Waals surface area contributed by atoms with Gasteiger partial charge in [0.2, 0.25) is 0 Å². The van der Waals surface area contributed by atoms with Crippen LogP contribution >= 0.6 is 0 Å². The van der Waals surface area contributed by atoms with Gasteiger partial charge in [-0.2, -0.15) is 5.10 Å². The van der Waals surface area contributed by atoms with Crippen LogP contribution in [0.5, 0.6) is 0 Å². The van der Waals surface area contributed by atoms with Crippen molar-refractivity contribution in [1.82, 2.24) is 19.7 Å². The van der Waals surface area contributed by atoms with Gasteiger partial charge in [0.1, 0.15) is 11.6 Å². The van der Waals surface area contributed by atoms with Gasteiger partial charge in [0, 0.05) is 18.8 Å². The summed E-state index contributed by atoms with van der Waals surface area (Å²) in [6.45, 7) is 5.82. The first-order valence-electron chi connectivity index (χ1n) is 5.17. The van der Waals surface area contributed by atoms with Crippen LogP contribution in [0.2, 0.25) is 0 Å². The van der Waals surface area contributed by atoms with E-state index in [2.05, 4.69) is 20.4 Å².